The first kappa shape index (κ1) is 15.0. The standard InChI is InChI=1S/C14H27N3O/c1-3-17(4-2)13(18)10-11-16-14(15)12-8-6-5-7-9-12/h12H,3-11H2,1-2H3,(H2,15,16). The van der Waals surface area contributed by atoms with Crippen LogP contribution < -0.4 is 5.73 Å². The maximum Gasteiger partial charge on any atom is 0.224 e. The highest BCUT2D eigenvalue weighted by Gasteiger charge is 2.16. The SMILES string of the molecule is CCN(CC)C(=O)CCN=C(N)C1CCCCC1. The maximum atomic E-state index is 11.8. The molecule has 4 heteroatoms. The lowest BCUT2D eigenvalue weighted by molar-refractivity contribution is -0.130. The number of carbonyl (C=O) groups excluding carboxylic acids is 1. The quantitative estimate of drug-likeness (QED) is 0.582. The Morgan fingerprint density at radius 1 is 1.22 bits per heavy atom. The van der Waals surface area contributed by atoms with Gasteiger partial charge in [-0.3, -0.25) is 9.79 Å². The fourth-order valence-electron chi connectivity index (χ4n) is 2.54. The van der Waals surface area contributed by atoms with Crippen LogP contribution in [0.4, 0.5) is 0 Å². The Kier molecular flexibility index (Phi) is 6.76. The van der Waals surface area contributed by atoms with Crippen molar-refractivity contribution in [3.05, 3.63) is 0 Å². The summed E-state index contributed by atoms with van der Waals surface area (Å²) >= 11 is 0. The summed E-state index contributed by atoms with van der Waals surface area (Å²) in [5, 5.41) is 0. The summed E-state index contributed by atoms with van der Waals surface area (Å²) in [4.78, 5) is 18.0. The minimum absolute atomic E-state index is 0.181. The number of carbonyl (C=O) groups is 1. The number of amides is 1. The van der Waals surface area contributed by atoms with E-state index >= 15 is 0 Å². The molecule has 1 saturated carbocycles. The van der Waals surface area contributed by atoms with E-state index in [4.69, 9.17) is 5.73 Å². The molecule has 104 valence electrons. The highest BCUT2D eigenvalue weighted by molar-refractivity contribution is 5.83. The first-order chi connectivity index (χ1) is 8.69. The van der Waals surface area contributed by atoms with Gasteiger partial charge in [-0.05, 0) is 26.7 Å². The summed E-state index contributed by atoms with van der Waals surface area (Å²) < 4.78 is 0. The lowest BCUT2D eigenvalue weighted by Crippen LogP contribution is -2.31. The topological polar surface area (TPSA) is 58.7 Å². The Bertz CT molecular complexity index is 279. The molecule has 18 heavy (non-hydrogen) atoms. The Balaban J connectivity index is 2.32. The Morgan fingerprint density at radius 2 is 1.83 bits per heavy atom. The van der Waals surface area contributed by atoms with E-state index in [0.29, 0.717) is 18.9 Å². The summed E-state index contributed by atoms with van der Waals surface area (Å²) in [5.41, 5.74) is 6.00. The molecular formula is C14H27N3O. The zero-order valence-electron chi connectivity index (χ0n) is 11.8. The van der Waals surface area contributed by atoms with Crippen molar-refractivity contribution in [1.29, 1.82) is 0 Å². The van der Waals surface area contributed by atoms with Crippen LogP contribution in [0, 0.1) is 5.92 Å². The summed E-state index contributed by atoms with van der Waals surface area (Å²) in [6.07, 6.45) is 6.66. The molecule has 0 spiro atoms. The monoisotopic (exact) mass is 253 g/mol. The molecule has 0 aromatic heterocycles. The van der Waals surface area contributed by atoms with Crippen LogP contribution in [0.25, 0.3) is 0 Å². The van der Waals surface area contributed by atoms with Gasteiger partial charge in [0.25, 0.3) is 0 Å². The molecule has 1 aliphatic carbocycles. The van der Waals surface area contributed by atoms with E-state index in [1.807, 2.05) is 18.7 Å². The second-order valence-corrected chi connectivity index (χ2v) is 4.96. The van der Waals surface area contributed by atoms with Crippen LogP contribution in [-0.2, 0) is 4.79 Å². The predicted molar refractivity (Wildman–Crippen MR) is 75.6 cm³/mol. The van der Waals surface area contributed by atoms with Crippen molar-refractivity contribution in [3.8, 4) is 0 Å². The largest absolute Gasteiger partial charge is 0.387 e. The Morgan fingerprint density at radius 3 is 2.39 bits per heavy atom. The van der Waals surface area contributed by atoms with Gasteiger partial charge in [-0.15, -0.1) is 0 Å². The lowest BCUT2D eigenvalue weighted by Gasteiger charge is -2.21. The Hall–Kier alpha value is -1.06. The number of aliphatic imine (C=N–C) groups is 1. The highest BCUT2D eigenvalue weighted by atomic mass is 16.2. The molecule has 0 unspecified atom stereocenters. The van der Waals surface area contributed by atoms with Gasteiger partial charge in [0.1, 0.15) is 0 Å². The van der Waals surface area contributed by atoms with Crippen LogP contribution in [0.3, 0.4) is 0 Å². The van der Waals surface area contributed by atoms with Crippen LogP contribution in [-0.4, -0.2) is 36.3 Å². The van der Waals surface area contributed by atoms with Gasteiger partial charge in [0.2, 0.25) is 5.91 Å². The number of nitrogens with two attached hydrogens (primary N) is 1. The molecule has 4 nitrogen and oxygen atoms in total. The summed E-state index contributed by atoms with van der Waals surface area (Å²) in [7, 11) is 0. The van der Waals surface area contributed by atoms with Crippen molar-refractivity contribution < 1.29 is 4.79 Å². The number of hydrogen-bond donors (Lipinski definition) is 1. The first-order valence-electron chi connectivity index (χ1n) is 7.26. The predicted octanol–water partition coefficient (Wildman–Crippen LogP) is 2.18. The van der Waals surface area contributed by atoms with E-state index in [-0.39, 0.29) is 5.91 Å². The molecule has 0 radical (unpaired) electrons. The molecular weight excluding hydrogens is 226 g/mol. The van der Waals surface area contributed by atoms with Gasteiger partial charge < -0.3 is 10.6 Å². The van der Waals surface area contributed by atoms with E-state index in [0.717, 1.165) is 18.9 Å². The van der Waals surface area contributed by atoms with Gasteiger partial charge in [0.05, 0.1) is 5.84 Å². The van der Waals surface area contributed by atoms with E-state index < -0.39 is 0 Å². The molecule has 2 N–H and O–H groups in total. The van der Waals surface area contributed by atoms with Crippen LogP contribution in [0.5, 0.6) is 0 Å². The molecule has 0 bridgehead atoms. The zero-order chi connectivity index (χ0) is 13.4. The maximum absolute atomic E-state index is 11.8. The third-order valence-corrected chi connectivity index (χ3v) is 3.76. The van der Waals surface area contributed by atoms with Gasteiger partial charge in [0, 0.05) is 32.0 Å². The fourth-order valence-corrected chi connectivity index (χ4v) is 2.54. The third kappa shape index (κ3) is 4.67. The van der Waals surface area contributed by atoms with Crippen LogP contribution >= 0.6 is 0 Å². The first-order valence-corrected chi connectivity index (χ1v) is 7.26. The molecule has 0 aromatic rings. The number of amidine groups is 1. The second kappa shape index (κ2) is 8.11. The van der Waals surface area contributed by atoms with E-state index in [2.05, 4.69) is 4.99 Å². The molecule has 1 rings (SSSR count). The molecule has 1 fully saturated rings. The van der Waals surface area contributed by atoms with Gasteiger partial charge in [0.15, 0.2) is 0 Å². The van der Waals surface area contributed by atoms with Crippen molar-refractivity contribution in [2.24, 2.45) is 16.6 Å². The van der Waals surface area contributed by atoms with Crippen LogP contribution in [0.2, 0.25) is 0 Å². The lowest BCUT2D eigenvalue weighted by atomic mass is 9.88. The van der Waals surface area contributed by atoms with E-state index in [1.165, 1.54) is 32.1 Å². The van der Waals surface area contributed by atoms with Crippen LogP contribution in [0.15, 0.2) is 4.99 Å². The van der Waals surface area contributed by atoms with Crippen molar-refractivity contribution in [3.63, 3.8) is 0 Å². The number of rotatable bonds is 6. The molecule has 0 aromatic carbocycles. The van der Waals surface area contributed by atoms with Crippen molar-refractivity contribution in [2.45, 2.75) is 52.4 Å². The van der Waals surface area contributed by atoms with Gasteiger partial charge in [-0.2, -0.15) is 0 Å². The minimum Gasteiger partial charge on any atom is -0.387 e. The molecule has 0 saturated heterocycles. The highest BCUT2D eigenvalue weighted by Crippen LogP contribution is 2.23. The third-order valence-electron chi connectivity index (χ3n) is 3.76. The fraction of sp³-hybridized carbons (Fsp3) is 0.857. The van der Waals surface area contributed by atoms with Gasteiger partial charge in [-0.1, -0.05) is 19.3 Å². The van der Waals surface area contributed by atoms with Crippen molar-refractivity contribution in [1.82, 2.24) is 4.90 Å². The smallest absolute Gasteiger partial charge is 0.224 e. The summed E-state index contributed by atoms with van der Waals surface area (Å²) in [5.74, 6) is 1.41. The summed E-state index contributed by atoms with van der Waals surface area (Å²) in [6, 6.07) is 0. The van der Waals surface area contributed by atoms with E-state index in [9.17, 15) is 4.79 Å². The molecule has 1 amide bonds. The Labute approximate surface area is 111 Å². The molecule has 1 aliphatic rings. The van der Waals surface area contributed by atoms with Crippen molar-refractivity contribution >= 4 is 11.7 Å². The number of nitrogens with zero attached hydrogens (tertiary/aromatic N) is 2. The normalized spacial score (nSPS) is 17.8. The minimum atomic E-state index is 0.181. The number of hydrogen-bond acceptors (Lipinski definition) is 2. The van der Waals surface area contributed by atoms with Gasteiger partial charge >= 0.3 is 0 Å². The van der Waals surface area contributed by atoms with Crippen molar-refractivity contribution in [2.75, 3.05) is 19.6 Å². The second-order valence-electron chi connectivity index (χ2n) is 4.96. The van der Waals surface area contributed by atoms with E-state index in [1.54, 1.807) is 0 Å². The zero-order valence-corrected chi connectivity index (χ0v) is 11.8. The molecule has 0 aliphatic heterocycles. The average Bonchev–Trinajstić information content (AvgIpc) is 2.41. The molecule has 0 heterocycles. The van der Waals surface area contributed by atoms with Gasteiger partial charge in [-0.25, -0.2) is 0 Å². The summed E-state index contributed by atoms with van der Waals surface area (Å²) in [6.45, 7) is 6.09. The average molecular weight is 253 g/mol. The molecule has 0 atom stereocenters. The van der Waals surface area contributed by atoms with Crippen LogP contribution in [0.1, 0.15) is 52.4 Å².